The van der Waals surface area contributed by atoms with Gasteiger partial charge in [-0.2, -0.15) is 5.26 Å². The molecular weight excluding hydrogens is 266 g/mol. The van der Waals surface area contributed by atoms with Crippen LogP contribution in [0.3, 0.4) is 0 Å². The van der Waals surface area contributed by atoms with Crippen LogP contribution in [0, 0.1) is 17.2 Å². The first-order chi connectivity index (χ1) is 10.1. The van der Waals surface area contributed by atoms with E-state index in [9.17, 15) is 9.90 Å². The van der Waals surface area contributed by atoms with Gasteiger partial charge in [0.2, 0.25) is 0 Å². The van der Waals surface area contributed by atoms with E-state index in [1.807, 2.05) is 6.07 Å². The fraction of sp³-hybridized carbons (Fsp3) is 0.375. The van der Waals surface area contributed by atoms with Crippen LogP contribution in [-0.2, 0) is 4.79 Å². The third-order valence-electron chi connectivity index (χ3n) is 3.67. The zero-order valence-electron chi connectivity index (χ0n) is 12.0. The molecule has 0 bridgehead atoms. The van der Waals surface area contributed by atoms with Crippen molar-refractivity contribution in [2.75, 3.05) is 18.4 Å². The number of likely N-dealkylation sites (tertiary alicyclic amines) is 1. The Labute approximate surface area is 124 Å². The van der Waals surface area contributed by atoms with Gasteiger partial charge < -0.3 is 15.3 Å². The van der Waals surface area contributed by atoms with Crippen LogP contribution in [0.5, 0.6) is 5.75 Å². The number of benzene rings is 1. The van der Waals surface area contributed by atoms with Gasteiger partial charge in [0.05, 0.1) is 0 Å². The summed E-state index contributed by atoms with van der Waals surface area (Å²) >= 11 is 0. The van der Waals surface area contributed by atoms with E-state index in [0.29, 0.717) is 24.7 Å². The Bertz CT molecular complexity index is 564. The van der Waals surface area contributed by atoms with Gasteiger partial charge in [0.15, 0.2) is 0 Å². The molecule has 0 atom stereocenters. The third-order valence-corrected chi connectivity index (χ3v) is 3.67. The first-order valence-corrected chi connectivity index (χ1v) is 7.05. The number of nitriles is 1. The van der Waals surface area contributed by atoms with Crippen LogP contribution in [-0.4, -0.2) is 29.0 Å². The summed E-state index contributed by atoms with van der Waals surface area (Å²) in [6, 6.07) is 8.37. The van der Waals surface area contributed by atoms with E-state index in [4.69, 9.17) is 5.26 Å². The second kappa shape index (κ2) is 6.80. The molecule has 2 rings (SSSR count). The smallest absolute Gasteiger partial charge is 0.266 e. The quantitative estimate of drug-likeness (QED) is 0.508. The molecule has 21 heavy (non-hydrogen) atoms. The van der Waals surface area contributed by atoms with Crippen LogP contribution in [0.25, 0.3) is 0 Å². The summed E-state index contributed by atoms with van der Waals surface area (Å²) in [7, 11) is 0. The predicted octanol–water partition coefficient (Wildman–Crippen LogP) is 2.47. The van der Waals surface area contributed by atoms with Crippen molar-refractivity contribution < 1.29 is 9.90 Å². The van der Waals surface area contributed by atoms with Crippen LogP contribution >= 0.6 is 0 Å². The van der Waals surface area contributed by atoms with Crippen molar-refractivity contribution in [2.45, 2.75) is 19.8 Å². The normalized spacial score (nSPS) is 16.4. The Morgan fingerprint density at radius 2 is 2.00 bits per heavy atom. The van der Waals surface area contributed by atoms with Crippen LogP contribution in [0.1, 0.15) is 19.8 Å². The molecule has 1 aromatic rings. The number of hydrogen-bond donors (Lipinski definition) is 2. The predicted molar refractivity (Wildman–Crippen MR) is 80.4 cm³/mol. The summed E-state index contributed by atoms with van der Waals surface area (Å²) in [6.45, 7) is 3.59. The minimum absolute atomic E-state index is 0.0950. The van der Waals surface area contributed by atoms with E-state index in [-0.39, 0.29) is 17.2 Å². The number of rotatable bonds is 3. The van der Waals surface area contributed by atoms with Crippen molar-refractivity contribution in [3.63, 3.8) is 0 Å². The average molecular weight is 285 g/mol. The fourth-order valence-corrected chi connectivity index (χ4v) is 2.24. The summed E-state index contributed by atoms with van der Waals surface area (Å²) in [5, 5.41) is 21.3. The van der Waals surface area contributed by atoms with Gasteiger partial charge in [-0.25, -0.2) is 0 Å². The average Bonchev–Trinajstić information content (AvgIpc) is 2.50. The number of phenolic OH excluding ortho intramolecular Hbond substituents is 1. The number of amides is 1. The Morgan fingerprint density at radius 3 is 2.57 bits per heavy atom. The van der Waals surface area contributed by atoms with E-state index >= 15 is 0 Å². The molecule has 2 N–H and O–H groups in total. The second-order valence-electron chi connectivity index (χ2n) is 5.34. The lowest BCUT2D eigenvalue weighted by molar-refractivity contribution is -0.128. The van der Waals surface area contributed by atoms with Gasteiger partial charge in [-0.3, -0.25) is 4.79 Å². The lowest BCUT2D eigenvalue weighted by Gasteiger charge is -2.30. The lowest BCUT2D eigenvalue weighted by atomic mass is 9.99. The summed E-state index contributed by atoms with van der Waals surface area (Å²) in [6.07, 6.45) is 3.39. The minimum atomic E-state index is -0.226. The van der Waals surface area contributed by atoms with Crippen molar-refractivity contribution in [1.82, 2.24) is 4.90 Å². The van der Waals surface area contributed by atoms with Gasteiger partial charge in [0.25, 0.3) is 5.91 Å². The Hall–Kier alpha value is -2.48. The Kier molecular flexibility index (Phi) is 4.83. The monoisotopic (exact) mass is 285 g/mol. The van der Waals surface area contributed by atoms with Crippen molar-refractivity contribution in [1.29, 1.82) is 5.26 Å². The van der Waals surface area contributed by atoms with Gasteiger partial charge in [-0.05, 0) is 43.0 Å². The number of hydrogen-bond acceptors (Lipinski definition) is 4. The highest BCUT2D eigenvalue weighted by molar-refractivity contribution is 5.97. The summed E-state index contributed by atoms with van der Waals surface area (Å²) in [5.41, 5.74) is 0.804. The van der Waals surface area contributed by atoms with E-state index in [1.165, 1.54) is 18.3 Å². The molecule has 1 aliphatic rings. The molecule has 0 radical (unpaired) electrons. The van der Waals surface area contributed by atoms with Gasteiger partial charge in [-0.15, -0.1) is 0 Å². The molecule has 1 aliphatic heterocycles. The number of carbonyl (C=O) groups is 1. The molecule has 0 spiro atoms. The molecule has 1 amide bonds. The maximum Gasteiger partial charge on any atom is 0.266 e. The highest BCUT2D eigenvalue weighted by Crippen LogP contribution is 2.18. The number of phenols is 1. The molecule has 0 aromatic heterocycles. The fourth-order valence-electron chi connectivity index (χ4n) is 2.24. The van der Waals surface area contributed by atoms with Gasteiger partial charge in [0.1, 0.15) is 17.4 Å². The van der Waals surface area contributed by atoms with Crippen LogP contribution in [0.15, 0.2) is 36.0 Å². The SMILES string of the molecule is CC1CCN(C(=O)/C(C#N)=C\Nc2ccc(O)cc2)CC1. The highest BCUT2D eigenvalue weighted by Gasteiger charge is 2.22. The Balaban J connectivity index is 2.01. The van der Waals surface area contributed by atoms with Gasteiger partial charge in [0, 0.05) is 25.0 Å². The van der Waals surface area contributed by atoms with E-state index in [0.717, 1.165) is 12.8 Å². The van der Waals surface area contributed by atoms with Crippen molar-refractivity contribution >= 4 is 11.6 Å². The number of piperidine rings is 1. The molecule has 0 unspecified atom stereocenters. The Morgan fingerprint density at radius 1 is 1.38 bits per heavy atom. The maximum absolute atomic E-state index is 12.3. The van der Waals surface area contributed by atoms with E-state index in [2.05, 4.69) is 12.2 Å². The van der Waals surface area contributed by atoms with Crippen molar-refractivity contribution in [3.8, 4) is 11.8 Å². The standard InChI is InChI=1S/C16H19N3O2/c1-12-6-8-19(9-7-12)16(21)13(10-17)11-18-14-2-4-15(20)5-3-14/h2-5,11-12,18,20H,6-9H2,1H3/b13-11-. The first kappa shape index (κ1) is 14.9. The molecule has 5 nitrogen and oxygen atoms in total. The minimum Gasteiger partial charge on any atom is -0.508 e. The van der Waals surface area contributed by atoms with Crippen molar-refractivity contribution in [2.24, 2.45) is 5.92 Å². The zero-order valence-corrected chi connectivity index (χ0v) is 12.0. The number of aromatic hydroxyl groups is 1. The lowest BCUT2D eigenvalue weighted by Crippen LogP contribution is -2.38. The molecule has 0 saturated carbocycles. The summed E-state index contributed by atoms with van der Waals surface area (Å²) in [4.78, 5) is 14.0. The van der Waals surface area contributed by atoms with Crippen LogP contribution in [0.4, 0.5) is 5.69 Å². The molecule has 1 aromatic carbocycles. The highest BCUT2D eigenvalue weighted by atomic mass is 16.3. The molecule has 0 aliphatic carbocycles. The third kappa shape index (κ3) is 3.99. The second-order valence-corrected chi connectivity index (χ2v) is 5.34. The summed E-state index contributed by atoms with van der Waals surface area (Å²) < 4.78 is 0. The van der Waals surface area contributed by atoms with E-state index < -0.39 is 0 Å². The zero-order chi connectivity index (χ0) is 15.2. The number of anilines is 1. The molecule has 1 saturated heterocycles. The van der Waals surface area contributed by atoms with Gasteiger partial charge >= 0.3 is 0 Å². The summed E-state index contributed by atoms with van der Waals surface area (Å²) in [5.74, 6) is 0.581. The number of nitrogens with zero attached hydrogens (tertiary/aromatic N) is 2. The van der Waals surface area contributed by atoms with Crippen LogP contribution in [0.2, 0.25) is 0 Å². The maximum atomic E-state index is 12.3. The van der Waals surface area contributed by atoms with Crippen molar-refractivity contribution in [3.05, 3.63) is 36.0 Å². The number of nitrogens with one attached hydrogen (secondary N) is 1. The molecule has 5 heteroatoms. The van der Waals surface area contributed by atoms with E-state index in [1.54, 1.807) is 17.0 Å². The molecule has 110 valence electrons. The molecule has 1 heterocycles. The molecular formula is C16H19N3O2. The molecule has 1 fully saturated rings. The first-order valence-electron chi connectivity index (χ1n) is 7.05. The van der Waals surface area contributed by atoms with Gasteiger partial charge in [-0.1, -0.05) is 6.92 Å². The topological polar surface area (TPSA) is 76.4 Å². The largest absolute Gasteiger partial charge is 0.508 e. The number of carbonyl (C=O) groups excluding carboxylic acids is 1. The van der Waals surface area contributed by atoms with Crippen LogP contribution < -0.4 is 5.32 Å².